The molecule has 2 bridgehead atoms. The molecule has 3 aliphatic rings. The number of likely N-dealkylation sites (tertiary alicyclic amines) is 1. The first-order valence-corrected chi connectivity index (χ1v) is 9.60. The highest BCUT2D eigenvalue weighted by atomic mass is 16.5. The summed E-state index contributed by atoms with van der Waals surface area (Å²) in [7, 11) is 0. The van der Waals surface area contributed by atoms with E-state index >= 15 is 0 Å². The van der Waals surface area contributed by atoms with Crippen LogP contribution in [-0.2, 0) is 11.8 Å². The molecule has 3 nitrogen and oxygen atoms in total. The molecule has 1 saturated heterocycles. The van der Waals surface area contributed by atoms with Gasteiger partial charge in [0.2, 0.25) is 0 Å². The van der Waals surface area contributed by atoms with Gasteiger partial charge in [0.15, 0.2) is 0 Å². The third-order valence-electron chi connectivity index (χ3n) is 6.71. The number of benzene rings is 2. The Morgan fingerprint density at radius 3 is 2.84 bits per heavy atom. The van der Waals surface area contributed by atoms with Crippen LogP contribution < -0.4 is 10.5 Å². The van der Waals surface area contributed by atoms with Gasteiger partial charge in [0.05, 0.1) is 5.69 Å². The van der Waals surface area contributed by atoms with Crippen molar-refractivity contribution in [3.8, 4) is 5.75 Å². The number of hydrogen-bond donors (Lipinski definition) is 1. The zero-order valence-corrected chi connectivity index (χ0v) is 14.7. The molecule has 1 spiro atoms. The average molecular weight is 334 g/mol. The smallest absolute Gasteiger partial charge is 0.146 e. The van der Waals surface area contributed by atoms with Crippen LogP contribution in [0.25, 0.3) is 0 Å². The van der Waals surface area contributed by atoms with Crippen LogP contribution in [0.2, 0.25) is 0 Å². The van der Waals surface area contributed by atoms with Crippen molar-refractivity contribution in [1.82, 2.24) is 4.90 Å². The van der Waals surface area contributed by atoms with Gasteiger partial charge in [0.25, 0.3) is 0 Å². The van der Waals surface area contributed by atoms with E-state index in [-0.39, 0.29) is 5.41 Å². The fourth-order valence-corrected chi connectivity index (χ4v) is 5.40. The fraction of sp³-hybridized carbons (Fsp3) is 0.455. The second kappa shape index (κ2) is 5.77. The summed E-state index contributed by atoms with van der Waals surface area (Å²) in [4.78, 5) is 2.72. The van der Waals surface area contributed by atoms with E-state index in [4.69, 9.17) is 10.5 Å². The van der Waals surface area contributed by atoms with Gasteiger partial charge < -0.3 is 10.5 Å². The second-order valence-corrected chi connectivity index (χ2v) is 7.94. The molecule has 2 aromatic rings. The molecular formula is C22H26N2O. The van der Waals surface area contributed by atoms with Crippen molar-refractivity contribution in [2.75, 3.05) is 18.8 Å². The van der Waals surface area contributed by atoms with Gasteiger partial charge in [0, 0.05) is 23.6 Å². The lowest BCUT2D eigenvalue weighted by molar-refractivity contribution is -0.00565. The number of rotatable bonds is 3. The quantitative estimate of drug-likeness (QED) is 0.869. The zero-order valence-electron chi connectivity index (χ0n) is 14.7. The van der Waals surface area contributed by atoms with Crippen molar-refractivity contribution in [2.45, 2.75) is 49.7 Å². The molecule has 2 aromatic carbocycles. The van der Waals surface area contributed by atoms with Crippen LogP contribution in [0.4, 0.5) is 5.69 Å². The second-order valence-electron chi connectivity index (χ2n) is 7.94. The van der Waals surface area contributed by atoms with Gasteiger partial charge in [-0.2, -0.15) is 0 Å². The van der Waals surface area contributed by atoms with Crippen molar-refractivity contribution < 1.29 is 4.74 Å². The SMILES string of the molecule is Nc1cccc2c1O[C@@H]1CC[C@@H]3C[C@@]21CCN3CCc1ccccc1. The normalized spacial score (nSPS) is 30.4. The molecule has 3 heteroatoms. The maximum Gasteiger partial charge on any atom is 0.146 e. The number of nitrogen functional groups attached to an aromatic ring is 1. The predicted octanol–water partition coefficient (Wildman–Crippen LogP) is 3.77. The average Bonchev–Trinajstić information content (AvgIpc) is 2.96. The van der Waals surface area contributed by atoms with E-state index in [1.807, 2.05) is 6.07 Å². The van der Waals surface area contributed by atoms with Gasteiger partial charge >= 0.3 is 0 Å². The first-order chi connectivity index (χ1) is 12.3. The van der Waals surface area contributed by atoms with Crippen LogP contribution in [0.15, 0.2) is 48.5 Å². The highest BCUT2D eigenvalue weighted by Crippen LogP contribution is 2.56. The molecule has 2 aliphatic heterocycles. The van der Waals surface area contributed by atoms with E-state index < -0.39 is 0 Å². The van der Waals surface area contributed by atoms with Crippen LogP contribution in [0.5, 0.6) is 5.75 Å². The minimum atomic E-state index is 0.205. The van der Waals surface area contributed by atoms with Crippen LogP contribution in [0.1, 0.15) is 36.8 Å². The Kier molecular flexibility index (Phi) is 3.53. The molecule has 5 rings (SSSR count). The molecule has 0 radical (unpaired) electrons. The maximum atomic E-state index is 6.34. The number of hydrogen-bond acceptors (Lipinski definition) is 3. The molecule has 3 atom stereocenters. The van der Waals surface area contributed by atoms with E-state index in [9.17, 15) is 0 Å². The Morgan fingerprint density at radius 1 is 1.08 bits per heavy atom. The zero-order chi connectivity index (χ0) is 16.9. The number of ether oxygens (including phenoxy) is 1. The Labute approximate surface area is 149 Å². The summed E-state index contributed by atoms with van der Waals surface area (Å²) >= 11 is 0. The molecule has 2 N–H and O–H groups in total. The van der Waals surface area contributed by atoms with Gasteiger partial charge in [-0.1, -0.05) is 42.5 Å². The van der Waals surface area contributed by atoms with Crippen LogP contribution >= 0.6 is 0 Å². The lowest BCUT2D eigenvalue weighted by atomic mass is 9.62. The highest BCUT2D eigenvalue weighted by Gasteiger charge is 2.55. The van der Waals surface area contributed by atoms with Crippen molar-refractivity contribution in [2.24, 2.45) is 0 Å². The summed E-state index contributed by atoms with van der Waals surface area (Å²) < 4.78 is 6.34. The minimum Gasteiger partial charge on any atom is -0.487 e. The van der Waals surface area contributed by atoms with Crippen LogP contribution in [-0.4, -0.2) is 30.1 Å². The van der Waals surface area contributed by atoms with Gasteiger partial charge in [0.1, 0.15) is 11.9 Å². The number of para-hydroxylation sites is 1. The van der Waals surface area contributed by atoms with Crippen molar-refractivity contribution >= 4 is 5.69 Å². The minimum absolute atomic E-state index is 0.205. The molecular weight excluding hydrogens is 308 g/mol. The summed E-state index contributed by atoms with van der Waals surface area (Å²) in [6.45, 7) is 2.34. The Bertz CT molecular complexity index is 775. The number of anilines is 1. The summed E-state index contributed by atoms with van der Waals surface area (Å²) in [6.07, 6.45) is 6.30. The van der Waals surface area contributed by atoms with Gasteiger partial charge in [-0.25, -0.2) is 0 Å². The number of fused-ring (bicyclic) bond motifs is 2. The molecule has 2 fully saturated rings. The largest absolute Gasteiger partial charge is 0.487 e. The van der Waals surface area contributed by atoms with Crippen LogP contribution in [0, 0.1) is 0 Å². The van der Waals surface area contributed by atoms with Gasteiger partial charge in [-0.15, -0.1) is 0 Å². The van der Waals surface area contributed by atoms with Gasteiger partial charge in [-0.3, -0.25) is 4.90 Å². The number of nitrogens with two attached hydrogens (primary N) is 1. The number of nitrogens with zero attached hydrogens (tertiary/aromatic N) is 1. The first-order valence-electron chi connectivity index (χ1n) is 9.60. The van der Waals surface area contributed by atoms with Crippen molar-refractivity contribution in [3.63, 3.8) is 0 Å². The predicted molar refractivity (Wildman–Crippen MR) is 101 cm³/mol. The fourth-order valence-electron chi connectivity index (χ4n) is 5.40. The highest BCUT2D eigenvalue weighted by molar-refractivity contribution is 5.62. The molecule has 1 aliphatic carbocycles. The Balaban J connectivity index is 1.36. The summed E-state index contributed by atoms with van der Waals surface area (Å²) in [6, 6.07) is 17.9. The topological polar surface area (TPSA) is 38.5 Å². The van der Waals surface area contributed by atoms with Crippen molar-refractivity contribution in [1.29, 1.82) is 0 Å². The van der Waals surface area contributed by atoms with Crippen LogP contribution in [0.3, 0.4) is 0 Å². The van der Waals surface area contributed by atoms with E-state index in [0.29, 0.717) is 12.1 Å². The number of piperidine rings is 1. The Morgan fingerprint density at radius 2 is 1.96 bits per heavy atom. The summed E-state index contributed by atoms with van der Waals surface area (Å²) in [5.41, 5.74) is 10.0. The third-order valence-corrected chi connectivity index (χ3v) is 6.71. The van der Waals surface area contributed by atoms with E-state index in [1.165, 1.54) is 43.5 Å². The maximum absolute atomic E-state index is 6.34. The molecule has 2 heterocycles. The third kappa shape index (κ3) is 2.36. The standard InChI is InChI=1S/C22H26N2O/c23-19-8-4-7-18-21(19)25-20-10-9-17-15-22(18,20)12-14-24(17)13-11-16-5-2-1-3-6-16/h1-8,17,20H,9-15,23H2/t17-,20-,22+/m1/s1. The van der Waals surface area contributed by atoms with E-state index in [0.717, 1.165) is 24.3 Å². The molecule has 0 amide bonds. The van der Waals surface area contributed by atoms with E-state index in [2.05, 4.69) is 47.4 Å². The molecule has 0 unspecified atom stereocenters. The van der Waals surface area contributed by atoms with Gasteiger partial charge in [-0.05, 0) is 50.3 Å². The molecule has 0 aromatic heterocycles. The Hall–Kier alpha value is -2.00. The summed E-state index contributed by atoms with van der Waals surface area (Å²) in [5.74, 6) is 0.978. The lowest BCUT2D eigenvalue weighted by Gasteiger charge is -2.51. The lowest BCUT2D eigenvalue weighted by Crippen LogP contribution is -2.57. The van der Waals surface area contributed by atoms with E-state index in [1.54, 1.807) is 0 Å². The van der Waals surface area contributed by atoms with Crippen molar-refractivity contribution in [3.05, 3.63) is 59.7 Å². The summed E-state index contributed by atoms with van der Waals surface area (Å²) in [5, 5.41) is 0. The molecule has 130 valence electrons. The first kappa shape index (κ1) is 15.3. The monoisotopic (exact) mass is 334 g/mol. The molecule has 1 saturated carbocycles. The molecule has 25 heavy (non-hydrogen) atoms.